The van der Waals surface area contributed by atoms with E-state index in [0.717, 1.165) is 23.2 Å². The summed E-state index contributed by atoms with van der Waals surface area (Å²) in [6.07, 6.45) is 2.16. The van der Waals surface area contributed by atoms with Crippen molar-refractivity contribution < 1.29 is 0 Å². The maximum absolute atomic E-state index is 11.8. The van der Waals surface area contributed by atoms with Crippen molar-refractivity contribution in [2.75, 3.05) is 5.73 Å². The molecule has 0 unspecified atom stereocenters. The highest BCUT2D eigenvalue weighted by molar-refractivity contribution is 5.77. The average Bonchev–Trinajstić information content (AvgIpc) is 2.48. The lowest BCUT2D eigenvalue weighted by atomic mass is 10.1. The Morgan fingerprint density at radius 3 is 2.65 bits per heavy atom. The lowest BCUT2D eigenvalue weighted by molar-refractivity contribution is 0.624. The molecule has 0 bridgehead atoms. The molecule has 0 aliphatic rings. The van der Waals surface area contributed by atoms with E-state index in [0.29, 0.717) is 11.9 Å². The molecule has 0 fully saturated rings. The third-order valence-corrected chi connectivity index (χ3v) is 3.41. The Morgan fingerprint density at radius 2 is 1.80 bits per heavy atom. The fourth-order valence-corrected chi connectivity index (χ4v) is 2.33. The molecular formula is C16H15N3O. The van der Waals surface area contributed by atoms with Crippen molar-refractivity contribution in [1.29, 1.82) is 0 Å². The Morgan fingerprint density at radius 1 is 1.05 bits per heavy atom. The Labute approximate surface area is 116 Å². The quantitative estimate of drug-likeness (QED) is 0.739. The summed E-state index contributed by atoms with van der Waals surface area (Å²) in [7, 11) is 0. The predicted octanol–water partition coefficient (Wildman–Crippen LogP) is 2.22. The van der Waals surface area contributed by atoms with Crippen molar-refractivity contribution in [3.63, 3.8) is 0 Å². The second-order valence-corrected chi connectivity index (χ2v) is 4.70. The van der Waals surface area contributed by atoms with Crippen LogP contribution in [0.15, 0.2) is 59.5 Å². The van der Waals surface area contributed by atoms with Crippen molar-refractivity contribution in [3.8, 4) is 0 Å². The molecule has 0 atom stereocenters. The number of fused-ring (bicyclic) bond motifs is 1. The molecule has 3 aromatic rings. The zero-order valence-corrected chi connectivity index (χ0v) is 11.0. The topological polar surface area (TPSA) is 60.9 Å². The van der Waals surface area contributed by atoms with E-state index in [4.69, 9.17) is 5.73 Å². The van der Waals surface area contributed by atoms with E-state index < -0.39 is 0 Å². The van der Waals surface area contributed by atoms with Crippen LogP contribution in [0.2, 0.25) is 0 Å². The number of aromatic nitrogens is 2. The lowest BCUT2D eigenvalue weighted by Crippen LogP contribution is -2.13. The van der Waals surface area contributed by atoms with Gasteiger partial charge < -0.3 is 5.73 Å². The number of benzene rings is 2. The first-order valence-electron chi connectivity index (χ1n) is 6.54. The van der Waals surface area contributed by atoms with Gasteiger partial charge in [-0.15, -0.1) is 0 Å². The highest BCUT2D eigenvalue weighted by atomic mass is 16.1. The minimum absolute atomic E-state index is 0.0453. The number of nitrogen functional groups attached to an aromatic ring is 1. The average molecular weight is 265 g/mol. The van der Waals surface area contributed by atoms with E-state index in [1.54, 1.807) is 0 Å². The SMILES string of the molecule is Nc1ccccc1CCn1ncc(=O)c2ccccc21. The molecule has 0 radical (unpaired) electrons. The van der Waals surface area contributed by atoms with Crippen LogP contribution in [0, 0.1) is 0 Å². The van der Waals surface area contributed by atoms with Gasteiger partial charge in [-0.05, 0) is 30.2 Å². The summed E-state index contributed by atoms with van der Waals surface area (Å²) in [6.45, 7) is 0.689. The molecule has 1 aromatic heterocycles. The van der Waals surface area contributed by atoms with Gasteiger partial charge in [-0.3, -0.25) is 9.48 Å². The monoisotopic (exact) mass is 265 g/mol. The van der Waals surface area contributed by atoms with E-state index in [2.05, 4.69) is 5.10 Å². The molecule has 100 valence electrons. The summed E-state index contributed by atoms with van der Waals surface area (Å²) in [5.74, 6) is 0. The van der Waals surface area contributed by atoms with Crippen molar-refractivity contribution in [1.82, 2.24) is 9.78 Å². The van der Waals surface area contributed by atoms with Crippen LogP contribution in [0.25, 0.3) is 10.9 Å². The maximum Gasteiger partial charge on any atom is 0.207 e. The Balaban J connectivity index is 1.94. The second-order valence-electron chi connectivity index (χ2n) is 4.70. The van der Waals surface area contributed by atoms with Crippen LogP contribution in [-0.4, -0.2) is 9.78 Å². The van der Waals surface area contributed by atoms with Crippen LogP contribution < -0.4 is 11.2 Å². The number of hydrogen-bond donors (Lipinski definition) is 1. The molecule has 0 saturated heterocycles. The molecule has 0 aliphatic carbocycles. The molecule has 4 nitrogen and oxygen atoms in total. The van der Waals surface area contributed by atoms with Gasteiger partial charge in [0.25, 0.3) is 0 Å². The van der Waals surface area contributed by atoms with Gasteiger partial charge in [0.1, 0.15) is 0 Å². The van der Waals surface area contributed by atoms with Crippen LogP contribution in [0.3, 0.4) is 0 Å². The van der Waals surface area contributed by atoms with Crippen LogP contribution in [0.5, 0.6) is 0 Å². The molecule has 3 rings (SSSR count). The molecule has 2 aromatic carbocycles. The molecule has 0 spiro atoms. The van der Waals surface area contributed by atoms with Gasteiger partial charge in [0.15, 0.2) is 0 Å². The number of nitrogens with two attached hydrogens (primary N) is 1. The largest absolute Gasteiger partial charge is 0.399 e. The predicted molar refractivity (Wildman–Crippen MR) is 80.6 cm³/mol. The van der Waals surface area contributed by atoms with Crippen LogP contribution in [-0.2, 0) is 13.0 Å². The first kappa shape index (κ1) is 12.4. The molecule has 1 heterocycles. The van der Waals surface area contributed by atoms with E-state index in [1.165, 1.54) is 6.20 Å². The molecule has 0 aliphatic heterocycles. The zero-order valence-electron chi connectivity index (χ0n) is 11.0. The minimum Gasteiger partial charge on any atom is -0.399 e. The molecule has 2 N–H and O–H groups in total. The first-order valence-corrected chi connectivity index (χ1v) is 6.54. The van der Waals surface area contributed by atoms with Gasteiger partial charge in [-0.1, -0.05) is 30.3 Å². The van der Waals surface area contributed by atoms with Gasteiger partial charge in [0.05, 0.1) is 11.7 Å². The Bertz CT molecular complexity index is 808. The van der Waals surface area contributed by atoms with Crippen molar-refractivity contribution in [2.24, 2.45) is 0 Å². The minimum atomic E-state index is -0.0453. The van der Waals surface area contributed by atoms with Crippen LogP contribution in [0.4, 0.5) is 5.69 Å². The fraction of sp³-hybridized carbons (Fsp3) is 0.125. The summed E-state index contributed by atoms with van der Waals surface area (Å²) in [6, 6.07) is 15.3. The summed E-state index contributed by atoms with van der Waals surface area (Å²) in [5.41, 5.74) is 8.64. The first-order chi connectivity index (χ1) is 9.75. The van der Waals surface area contributed by atoms with Crippen molar-refractivity contribution in [3.05, 3.63) is 70.5 Å². The third-order valence-electron chi connectivity index (χ3n) is 3.41. The number of rotatable bonds is 3. The number of anilines is 1. The van der Waals surface area contributed by atoms with E-state index in [-0.39, 0.29) is 5.43 Å². The van der Waals surface area contributed by atoms with Crippen LogP contribution in [0.1, 0.15) is 5.56 Å². The van der Waals surface area contributed by atoms with E-state index >= 15 is 0 Å². The van der Waals surface area contributed by atoms with Crippen molar-refractivity contribution in [2.45, 2.75) is 13.0 Å². The Kier molecular flexibility index (Phi) is 3.21. The zero-order chi connectivity index (χ0) is 13.9. The molecule has 0 saturated carbocycles. The summed E-state index contributed by atoms with van der Waals surface area (Å²) >= 11 is 0. The van der Waals surface area contributed by atoms with Gasteiger partial charge in [-0.25, -0.2) is 0 Å². The third kappa shape index (κ3) is 2.28. The van der Waals surface area contributed by atoms with Gasteiger partial charge in [-0.2, -0.15) is 5.10 Å². The van der Waals surface area contributed by atoms with Gasteiger partial charge in [0.2, 0.25) is 5.43 Å². The van der Waals surface area contributed by atoms with Gasteiger partial charge in [0, 0.05) is 17.6 Å². The molecule has 0 amide bonds. The standard InChI is InChI=1S/C16H15N3O/c17-14-7-3-1-5-12(14)9-10-19-15-8-4-2-6-13(15)16(20)11-18-19/h1-8,11H,9-10,17H2. The summed E-state index contributed by atoms with van der Waals surface area (Å²) < 4.78 is 1.85. The maximum atomic E-state index is 11.8. The summed E-state index contributed by atoms with van der Waals surface area (Å²) in [4.78, 5) is 11.8. The van der Waals surface area contributed by atoms with Crippen molar-refractivity contribution >= 4 is 16.6 Å². The Hall–Kier alpha value is -2.62. The fourth-order valence-electron chi connectivity index (χ4n) is 2.33. The van der Waals surface area contributed by atoms with E-state index in [1.807, 2.05) is 53.2 Å². The molecule has 20 heavy (non-hydrogen) atoms. The number of nitrogens with zero attached hydrogens (tertiary/aromatic N) is 2. The molecule has 4 heteroatoms. The highest BCUT2D eigenvalue weighted by Gasteiger charge is 2.04. The summed E-state index contributed by atoms with van der Waals surface area (Å²) in [5, 5.41) is 4.91. The van der Waals surface area contributed by atoms with Crippen LogP contribution >= 0.6 is 0 Å². The smallest absolute Gasteiger partial charge is 0.207 e. The number of para-hydroxylation sites is 2. The highest BCUT2D eigenvalue weighted by Crippen LogP contribution is 2.13. The molecular weight excluding hydrogens is 250 g/mol. The van der Waals surface area contributed by atoms with Gasteiger partial charge >= 0.3 is 0 Å². The normalized spacial score (nSPS) is 10.8. The lowest BCUT2D eigenvalue weighted by Gasteiger charge is -2.10. The number of hydrogen-bond acceptors (Lipinski definition) is 3. The second kappa shape index (κ2) is 5.17. The number of aryl methyl sites for hydroxylation is 2. The van der Waals surface area contributed by atoms with E-state index in [9.17, 15) is 4.79 Å².